The summed E-state index contributed by atoms with van der Waals surface area (Å²) in [4.78, 5) is 0. The van der Waals surface area contributed by atoms with Gasteiger partial charge >= 0.3 is 0 Å². The lowest BCUT2D eigenvalue weighted by atomic mass is 10.2. The highest BCUT2D eigenvalue weighted by molar-refractivity contribution is 5.46. The normalized spacial score (nSPS) is 10.1. The maximum atomic E-state index is 8.90. The van der Waals surface area contributed by atoms with Gasteiger partial charge in [0.2, 0.25) is 0 Å². The van der Waals surface area contributed by atoms with Gasteiger partial charge < -0.3 is 18.7 Å². The van der Waals surface area contributed by atoms with Crippen molar-refractivity contribution in [3.05, 3.63) is 41.3 Å². The van der Waals surface area contributed by atoms with Crippen LogP contribution in [0.5, 0.6) is 11.5 Å². The molecule has 0 atom stereocenters. The molecule has 0 saturated heterocycles. The van der Waals surface area contributed by atoms with Crippen molar-refractivity contribution in [2.24, 2.45) is 0 Å². The third-order valence-electron chi connectivity index (χ3n) is 2.64. The Morgan fingerprint density at radius 3 is 2.76 bits per heavy atom. The van der Waals surface area contributed by atoms with Crippen molar-refractivity contribution in [1.82, 2.24) is 5.16 Å². The smallest absolute Gasteiger partial charge is 0.162 e. The third-order valence-corrected chi connectivity index (χ3v) is 2.64. The maximum absolute atomic E-state index is 8.90. The maximum Gasteiger partial charge on any atom is 0.162 e. The summed E-state index contributed by atoms with van der Waals surface area (Å²) in [5, 5.41) is 12.8. The van der Waals surface area contributed by atoms with Gasteiger partial charge in [-0.15, -0.1) is 0 Å². The molecular formula is C15H16N2O4. The molecule has 110 valence electrons. The van der Waals surface area contributed by atoms with E-state index in [4.69, 9.17) is 24.0 Å². The van der Waals surface area contributed by atoms with Gasteiger partial charge in [-0.3, -0.25) is 0 Å². The minimum Gasteiger partial charge on any atom is -0.490 e. The van der Waals surface area contributed by atoms with Crippen LogP contribution < -0.4 is 9.47 Å². The first-order chi connectivity index (χ1) is 10.3. The van der Waals surface area contributed by atoms with E-state index in [-0.39, 0.29) is 6.61 Å². The van der Waals surface area contributed by atoms with E-state index < -0.39 is 0 Å². The van der Waals surface area contributed by atoms with Crippen LogP contribution in [0.1, 0.15) is 23.9 Å². The van der Waals surface area contributed by atoms with Crippen LogP contribution in [0.2, 0.25) is 0 Å². The molecule has 0 saturated carbocycles. The highest BCUT2D eigenvalue weighted by Gasteiger charge is 2.09. The molecule has 1 aromatic carbocycles. The zero-order chi connectivity index (χ0) is 15.1. The molecule has 0 aliphatic heterocycles. The molecule has 0 unspecified atom stereocenters. The summed E-state index contributed by atoms with van der Waals surface area (Å²) in [7, 11) is 1.59. The Morgan fingerprint density at radius 2 is 2.05 bits per heavy atom. The zero-order valence-electron chi connectivity index (χ0n) is 12.0. The average Bonchev–Trinajstić information content (AvgIpc) is 2.94. The van der Waals surface area contributed by atoms with Crippen LogP contribution in [-0.2, 0) is 18.0 Å². The average molecular weight is 288 g/mol. The van der Waals surface area contributed by atoms with Crippen LogP contribution in [0, 0.1) is 11.3 Å². The molecule has 0 aliphatic rings. The number of aromatic nitrogens is 1. The molecule has 2 aromatic rings. The summed E-state index contributed by atoms with van der Waals surface area (Å²) in [5.74, 6) is 1.74. The first kappa shape index (κ1) is 14.9. The number of nitrogens with zero attached hydrogens (tertiary/aromatic N) is 2. The number of methoxy groups -OCH3 is 1. The molecule has 6 nitrogen and oxygen atoms in total. The lowest BCUT2D eigenvalue weighted by molar-refractivity contribution is 0.155. The summed E-state index contributed by atoms with van der Waals surface area (Å²) in [5.41, 5.74) is 1.18. The van der Waals surface area contributed by atoms with Crippen molar-refractivity contribution in [2.75, 3.05) is 13.7 Å². The second-order valence-corrected chi connectivity index (χ2v) is 4.21. The molecule has 0 amide bonds. The van der Waals surface area contributed by atoms with Crippen LogP contribution in [0.4, 0.5) is 0 Å². The van der Waals surface area contributed by atoms with Gasteiger partial charge in [-0.25, -0.2) is 0 Å². The number of nitriles is 1. The van der Waals surface area contributed by atoms with Gasteiger partial charge in [0, 0.05) is 19.2 Å². The molecule has 2 rings (SSSR count). The van der Waals surface area contributed by atoms with Gasteiger partial charge in [-0.05, 0) is 19.1 Å². The van der Waals surface area contributed by atoms with Gasteiger partial charge in [0.05, 0.1) is 18.2 Å². The van der Waals surface area contributed by atoms with Crippen molar-refractivity contribution in [3.63, 3.8) is 0 Å². The second kappa shape index (κ2) is 7.31. The standard InChI is InChI=1S/C15H16N2O4/c1-3-19-15-6-11(8-16)4-5-14(15)20-9-12-7-13(10-18-2)21-17-12/h4-7H,3,9-10H2,1-2H3. The Hall–Kier alpha value is -2.52. The molecule has 0 aliphatic carbocycles. The van der Waals surface area contributed by atoms with E-state index in [9.17, 15) is 0 Å². The first-order valence-corrected chi connectivity index (χ1v) is 6.50. The van der Waals surface area contributed by atoms with E-state index in [1.165, 1.54) is 0 Å². The highest BCUT2D eigenvalue weighted by atomic mass is 16.5. The van der Waals surface area contributed by atoms with E-state index >= 15 is 0 Å². The Labute approximate surface area is 122 Å². The second-order valence-electron chi connectivity index (χ2n) is 4.21. The monoisotopic (exact) mass is 288 g/mol. The topological polar surface area (TPSA) is 77.5 Å². The predicted octanol–water partition coefficient (Wildman–Crippen LogP) is 2.67. The fourth-order valence-corrected chi connectivity index (χ4v) is 1.75. The van der Waals surface area contributed by atoms with Crippen molar-refractivity contribution < 1.29 is 18.7 Å². The molecule has 0 fully saturated rings. The molecule has 0 N–H and O–H groups in total. The van der Waals surface area contributed by atoms with Crippen molar-refractivity contribution in [1.29, 1.82) is 5.26 Å². The van der Waals surface area contributed by atoms with Crippen LogP contribution in [0.15, 0.2) is 28.8 Å². The Balaban J connectivity index is 2.06. The van der Waals surface area contributed by atoms with Crippen molar-refractivity contribution >= 4 is 0 Å². The number of hydrogen-bond donors (Lipinski definition) is 0. The number of hydrogen-bond acceptors (Lipinski definition) is 6. The van der Waals surface area contributed by atoms with Crippen LogP contribution in [0.25, 0.3) is 0 Å². The molecule has 0 bridgehead atoms. The zero-order valence-corrected chi connectivity index (χ0v) is 12.0. The highest BCUT2D eigenvalue weighted by Crippen LogP contribution is 2.29. The first-order valence-electron chi connectivity index (χ1n) is 6.50. The summed E-state index contributed by atoms with van der Waals surface area (Å²) < 4.78 is 21.2. The third kappa shape index (κ3) is 3.97. The minimum absolute atomic E-state index is 0.249. The molecule has 1 aromatic heterocycles. The molecule has 0 radical (unpaired) electrons. The summed E-state index contributed by atoms with van der Waals surface area (Å²) in [6, 6.07) is 8.88. The fraction of sp³-hybridized carbons (Fsp3) is 0.333. The van der Waals surface area contributed by atoms with Gasteiger partial charge in [-0.1, -0.05) is 5.16 Å². The number of rotatable bonds is 7. The van der Waals surface area contributed by atoms with E-state index in [2.05, 4.69) is 11.2 Å². The number of benzene rings is 1. The quantitative estimate of drug-likeness (QED) is 0.779. The van der Waals surface area contributed by atoms with Crippen LogP contribution in [-0.4, -0.2) is 18.9 Å². The van der Waals surface area contributed by atoms with E-state index in [0.717, 1.165) is 0 Å². The predicted molar refractivity (Wildman–Crippen MR) is 73.9 cm³/mol. The van der Waals surface area contributed by atoms with Gasteiger partial charge in [0.1, 0.15) is 18.9 Å². The van der Waals surface area contributed by atoms with Gasteiger partial charge in [0.25, 0.3) is 0 Å². The van der Waals surface area contributed by atoms with Gasteiger partial charge in [-0.2, -0.15) is 5.26 Å². The Kier molecular flexibility index (Phi) is 5.18. The summed E-state index contributed by atoms with van der Waals surface area (Å²) >= 11 is 0. The Morgan fingerprint density at radius 1 is 1.19 bits per heavy atom. The Bertz CT molecular complexity index is 631. The SMILES string of the molecule is CCOc1cc(C#N)ccc1OCc1cc(COC)on1. The van der Waals surface area contributed by atoms with Crippen molar-refractivity contribution in [2.45, 2.75) is 20.1 Å². The lowest BCUT2D eigenvalue weighted by Gasteiger charge is -2.10. The summed E-state index contributed by atoms with van der Waals surface area (Å²) in [6.45, 7) is 2.98. The van der Waals surface area contributed by atoms with E-state index in [1.807, 2.05) is 6.92 Å². The molecule has 21 heavy (non-hydrogen) atoms. The summed E-state index contributed by atoms with van der Waals surface area (Å²) in [6.07, 6.45) is 0. The van der Waals surface area contributed by atoms with Crippen LogP contribution >= 0.6 is 0 Å². The molecular weight excluding hydrogens is 272 g/mol. The van der Waals surface area contributed by atoms with Crippen molar-refractivity contribution in [3.8, 4) is 17.6 Å². The van der Waals surface area contributed by atoms with Crippen LogP contribution in [0.3, 0.4) is 0 Å². The van der Waals surface area contributed by atoms with E-state index in [1.54, 1.807) is 31.4 Å². The minimum atomic E-state index is 0.249. The van der Waals surface area contributed by atoms with Gasteiger partial charge in [0.15, 0.2) is 17.3 Å². The lowest BCUT2D eigenvalue weighted by Crippen LogP contribution is -2.00. The largest absolute Gasteiger partial charge is 0.490 e. The number of ether oxygens (including phenoxy) is 3. The molecule has 1 heterocycles. The fourth-order valence-electron chi connectivity index (χ4n) is 1.75. The van der Waals surface area contributed by atoms with E-state index in [0.29, 0.717) is 41.7 Å². The molecule has 6 heteroatoms. The molecule has 0 spiro atoms.